The summed E-state index contributed by atoms with van der Waals surface area (Å²) >= 11 is 0. The number of hydrogen-bond acceptors (Lipinski definition) is 20. The second-order valence-electron chi connectivity index (χ2n) is 20.3. The van der Waals surface area contributed by atoms with Crippen LogP contribution in [-0.2, 0) is 46.7 Å². The molecule has 12 atom stereocenters. The summed E-state index contributed by atoms with van der Waals surface area (Å²) in [7, 11) is -9.11. The SMILES string of the molecule is CC(N[P@@](=O)(OC[C@@]1(F)O[C@@H](n2ccc(=O)[nH]c2=O)[C@](C)(O)[C@@H]1O)Oc1ccccc1)C(=O)OC1CCCCC1.CC(N[P@](=O)(OC[C@@]1(F)O[C@@H](n2ccc(=O)[nH]c2=O)[C@](C)(O)[C@@H]1O)Oc1ccccc1)C(=O)OC1CCCCC1. The molecular formula is C50H66F2N6O20P2. The summed E-state index contributed by atoms with van der Waals surface area (Å²) < 4.78 is 104. The fraction of sp³-hybridized carbons (Fsp3) is 0.560. The first-order valence-corrected chi connectivity index (χ1v) is 28.9. The van der Waals surface area contributed by atoms with Crippen LogP contribution in [0.4, 0.5) is 8.78 Å². The number of nitrogens with one attached hydrogen (secondary N) is 4. The van der Waals surface area contributed by atoms with Gasteiger partial charge in [-0.1, -0.05) is 49.2 Å². The van der Waals surface area contributed by atoms with Crippen molar-refractivity contribution in [1.29, 1.82) is 0 Å². The Kier molecular flexibility index (Phi) is 19.8. The molecule has 2 aliphatic carbocycles. The van der Waals surface area contributed by atoms with Crippen molar-refractivity contribution in [2.75, 3.05) is 13.2 Å². The van der Waals surface area contributed by atoms with Crippen LogP contribution in [0.25, 0.3) is 0 Å². The van der Waals surface area contributed by atoms with Crippen molar-refractivity contribution in [2.45, 2.75) is 164 Å². The van der Waals surface area contributed by atoms with Crippen LogP contribution in [0, 0.1) is 0 Å². The lowest BCUT2D eigenvalue weighted by Gasteiger charge is -2.29. The molecule has 8 N–H and O–H groups in total. The van der Waals surface area contributed by atoms with E-state index < -0.39 is 123 Å². The second-order valence-corrected chi connectivity index (χ2v) is 23.6. The lowest BCUT2D eigenvalue weighted by Crippen LogP contribution is -2.50. The number of carbonyl (C=O) groups is 2. The van der Waals surface area contributed by atoms with E-state index in [2.05, 4.69) is 10.2 Å². The minimum atomic E-state index is -4.56. The van der Waals surface area contributed by atoms with Crippen molar-refractivity contribution in [3.8, 4) is 11.5 Å². The zero-order valence-electron chi connectivity index (χ0n) is 44.1. The molecule has 4 aromatic rings. The third-order valence-electron chi connectivity index (χ3n) is 13.6. The highest BCUT2D eigenvalue weighted by Crippen LogP contribution is 2.52. The zero-order chi connectivity index (χ0) is 58.3. The number of aromatic nitrogens is 4. The number of halogens is 2. The van der Waals surface area contributed by atoms with E-state index in [1.54, 1.807) is 36.4 Å². The van der Waals surface area contributed by atoms with Crippen LogP contribution in [-0.4, -0.2) is 124 Å². The van der Waals surface area contributed by atoms with Crippen molar-refractivity contribution in [3.05, 3.63) is 127 Å². The normalized spacial score (nSPS) is 29.4. The third-order valence-corrected chi connectivity index (χ3v) is 16.9. The molecule has 0 bridgehead atoms. The lowest BCUT2D eigenvalue weighted by molar-refractivity contribution is -0.204. The standard InChI is InChI=1S/2C25H33FN3O10P/c2*1-16(20(31)37-17-9-5-3-6-10-17)28-40(35,39-18-11-7-4-8-12-18)36-15-25(26)21(32)24(2,34)22(38-25)29-14-13-19(30)27-23(29)33/h2*4,7-8,11-14,16-17,21-22,32,34H,3,5-6,9-10,15H2,1-2H3,(H,28,35)(H,27,30,33)/t16?,21-,22+,24+,25+,40+;16?,21-,22+,24+,25+,40-/m00/s1. The maximum absolute atomic E-state index is 16.0. The largest absolute Gasteiger partial charge is 0.461 e. The molecule has 2 unspecified atom stereocenters. The van der Waals surface area contributed by atoms with Crippen molar-refractivity contribution >= 4 is 27.4 Å². The van der Waals surface area contributed by atoms with Gasteiger partial charge in [0.1, 0.15) is 72.4 Å². The Labute approximate surface area is 455 Å². The van der Waals surface area contributed by atoms with Gasteiger partial charge in [0.25, 0.3) is 22.8 Å². The van der Waals surface area contributed by atoms with Crippen molar-refractivity contribution < 1.29 is 85.0 Å². The minimum absolute atomic E-state index is 0.0663. The first kappa shape index (κ1) is 61.9. The average Bonchev–Trinajstić information content (AvgIpc) is 3.85. The number of aliphatic hydroxyl groups is 4. The van der Waals surface area contributed by atoms with Crippen molar-refractivity contribution in [3.63, 3.8) is 0 Å². The highest BCUT2D eigenvalue weighted by atomic mass is 31.2. The fourth-order valence-electron chi connectivity index (χ4n) is 9.25. The topological polar surface area (TPSA) is 357 Å². The zero-order valence-corrected chi connectivity index (χ0v) is 45.8. The maximum Gasteiger partial charge on any atom is 0.459 e. The molecule has 0 amide bonds. The molecule has 4 aliphatic rings. The summed E-state index contributed by atoms with van der Waals surface area (Å²) in [6, 6.07) is 15.0. The average molecular weight is 1170 g/mol. The van der Waals surface area contributed by atoms with E-state index in [0.717, 1.165) is 76.9 Å². The van der Waals surface area contributed by atoms with E-state index in [1.807, 2.05) is 9.97 Å². The molecule has 8 rings (SSSR count). The highest BCUT2D eigenvalue weighted by molar-refractivity contribution is 7.52. The summed E-state index contributed by atoms with van der Waals surface area (Å²) in [5.41, 5.74) is -8.32. The van der Waals surface area contributed by atoms with Gasteiger partial charge in [0.2, 0.25) is 0 Å². The Hall–Kier alpha value is -5.74. The van der Waals surface area contributed by atoms with Crippen LogP contribution >= 0.6 is 15.5 Å². The smallest absolute Gasteiger partial charge is 0.459 e. The summed E-state index contributed by atoms with van der Waals surface area (Å²) in [6.07, 6.45) is 1.85. The van der Waals surface area contributed by atoms with Crippen LogP contribution in [0.1, 0.15) is 104 Å². The van der Waals surface area contributed by atoms with Crippen LogP contribution in [0.5, 0.6) is 11.5 Å². The van der Waals surface area contributed by atoms with Crippen LogP contribution in [0.15, 0.2) is 104 Å². The number of aliphatic hydroxyl groups excluding tert-OH is 2. The van der Waals surface area contributed by atoms with E-state index >= 15 is 8.78 Å². The van der Waals surface area contributed by atoms with E-state index in [-0.39, 0.29) is 23.7 Å². The van der Waals surface area contributed by atoms with Crippen molar-refractivity contribution in [1.82, 2.24) is 29.3 Å². The van der Waals surface area contributed by atoms with Crippen molar-refractivity contribution in [2.24, 2.45) is 0 Å². The molecule has 4 fully saturated rings. The van der Waals surface area contributed by atoms with Gasteiger partial charge in [-0.15, -0.1) is 0 Å². The van der Waals surface area contributed by atoms with Gasteiger partial charge in [-0.05, 0) is 103 Å². The van der Waals surface area contributed by atoms with Crippen LogP contribution < -0.4 is 41.7 Å². The molecule has 2 aromatic carbocycles. The Morgan fingerprint density at radius 3 is 1.29 bits per heavy atom. The molecule has 30 heteroatoms. The number of carbonyl (C=O) groups excluding carboxylic acids is 2. The molecule has 26 nitrogen and oxygen atoms in total. The maximum atomic E-state index is 16.0. The van der Waals surface area contributed by atoms with Gasteiger partial charge in [0, 0.05) is 24.5 Å². The number of benzene rings is 2. The number of hydrogen-bond donors (Lipinski definition) is 8. The number of aromatic amines is 2. The van der Waals surface area contributed by atoms with Gasteiger partial charge in [-0.2, -0.15) is 10.2 Å². The molecular weight excluding hydrogens is 1100 g/mol. The molecule has 2 aliphatic heterocycles. The number of alkyl halides is 2. The number of H-pyrrole nitrogens is 2. The van der Waals surface area contributed by atoms with E-state index in [1.165, 1.54) is 38.1 Å². The summed E-state index contributed by atoms with van der Waals surface area (Å²) in [4.78, 5) is 76.6. The van der Waals surface area contributed by atoms with Gasteiger partial charge < -0.3 is 48.4 Å². The van der Waals surface area contributed by atoms with Crippen LogP contribution in [0.3, 0.4) is 0 Å². The van der Waals surface area contributed by atoms with Gasteiger partial charge in [0.05, 0.1) is 0 Å². The number of para-hydroxylation sites is 2. The van der Waals surface area contributed by atoms with Gasteiger partial charge in [-0.3, -0.25) is 47.3 Å². The summed E-state index contributed by atoms with van der Waals surface area (Å²) in [5, 5.41) is 47.9. The van der Waals surface area contributed by atoms with E-state index in [9.17, 15) is 58.3 Å². The number of ether oxygens (including phenoxy) is 4. The minimum Gasteiger partial charge on any atom is -0.461 e. The third kappa shape index (κ3) is 15.0. The predicted molar refractivity (Wildman–Crippen MR) is 276 cm³/mol. The summed E-state index contributed by atoms with van der Waals surface area (Å²) in [5.74, 6) is -7.69. The molecule has 2 aromatic heterocycles. The fourth-order valence-corrected chi connectivity index (χ4v) is 12.3. The quantitative estimate of drug-likeness (QED) is 0.0461. The number of rotatable bonds is 20. The lowest BCUT2D eigenvalue weighted by atomic mass is 9.95. The van der Waals surface area contributed by atoms with Gasteiger partial charge in [-0.25, -0.2) is 27.5 Å². The van der Waals surface area contributed by atoms with Crippen LogP contribution in [0.2, 0.25) is 0 Å². The molecule has 0 radical (unpaired) electrons. The number of nitrogens with zero attached hydrogens (tertiary/aromatic N) is 2. The molecule has 440 valence electrons. The first-order valence-electron chi connectivity index (χ1n) is 25.8. The first-order chi connectivity index (χ1) is 37.7. The molecule has 0 spiro atoms. The molecule has 4 heterocycles. The molecule has 2 saturated carbocycles. The second kappa shape index (κ2) is 25.6. The predicted octanol–water partition coefficient (Wildman–Crippen LogP) is 3.80. The Balaban J connectivity index is 0.000000231. The Bertz CT molecular complexity index is 2900. The van der Waals surface area contributed by atoms with Gasteiger partial charge >= 0.3 is 38.8 Å². The highest BCUT2D eigenvalue weighted by Gasteiger charge is 2.65. The molecule has 80 heavy (non-hydrogen) atoms. The Morgan fingerprint density at radius 1 is 0.625 bits per heavy atom. The van der Waals surface area contributed by atoms with Gasteiger partial charge in [0.15, 0.2) is 12.5 Å². The Morgan fingerprint density at radius 2 is 0.963 bits per heavy atom. The monoisotopic (exact) mass is 1170 g/mol. The molecule has 2 saturated heterocycles. The summed E-state index contributed by atoms with van der Waals surface area (Å²) in [6.45, 7) is 2.29. The van der Waals surface area contributed by atoms with E-state index in [0.29, 0.717) is 34.8 Å². The number of esters is 2. The van der Waals surface area contributed by atoms with E-state index in [4.69, 9.17) is 37.0 Å².